The van der Waals surface area contributed by atoms with Gasteiger partial charge in [-0.25, -0.2) is 4.52 Å². The molecule has 1 aliphatic rings. The summed E-state index contributed by atoms with van der Waals surface area (Å²) >= 11 is 0. The van der Waals surface area contributed by atoms with Gasteiger partial charge in [0, 0.05) is 30.1 Å². The van der Waals surface area contributed by atoms with Crippen LogP contribution in [0, 0.1) is 12.3 Å². The molecule has 0 radical (unpaired) electrons. The lowest BCUT2D eigenvalue weighted by molar-refractivity contribution is -0.124. The van der Waals surface area contributed by atoms with Gasteiger partial charge in [0.2, 0.25) is 0 Å². The fourth-order valence-corrected chi connectivity index (χ4v) is 4.43. The van der Waals surface area contributed by atoms with Crippen molar-refractivity contribution in [2.75, 3.05) is 20.2 Å². The van der Waals surface area contributed by atoms with Crippen LogP contribution in [0.5, 0.6) is 17.2 Å². The Labute approximate surface area is 201 Å². The highest BCUT2D eigenvalue weighted by Gasteiger charge is 2.30. The molecule has 9 nitrogen and oxygen atoms in total. The van der Waals surface area contributed by atoms with Crippen molar-refractivity contribution in [3.63, 3.8) is 0 Å². The number of likely N-dealkylation sites (tertiary alicyclic amines) is 1. The standard InChI is InChI=1S/C26H23N5O4/c1-3-22(32)30-13-12-17(15-30)21-14-28-31-24(25(27)33)23(29-26(21)31)16-4-6-19(7-5-16)35-20-10-8-18(34-2)9-11-20/h1,4-11,14,17,29H,12-13,15H2,2H3,(H2,27,33). The van der Waals surface area contributed by atoms with Gasteiger partial charge in [-0.3, -0.25) is 9.59 Å². The van der Waals surface area contributed by atoms with Crippen LogP contribution in [0.15, 0.2) is 54.7 Å². The number of amides is 2. The summed E-state index contributed by atoms with van der Waals surface area (Å²) in [6, 6.07) is 14.6. The third-order valence-corrected chi connectivity index (χ3v) is 6.20. The zero-order valence-corrected chi connectivity index (χ0v) is 19.0. The van der Waals surface area contributed by atoms with Crippen LogP contribution in [0.4, 0.5) is 0 Å². The average molecular weight is 470 g/mol. The first-order chi connectivity index (χ1) is 17.0. The minimum atomic E-state index is -0.602. The first-order valence-electron chi connectivity index (χ1n) is 11.1. The van der Waals surface area contributed by atoms with Crippen molar-refractivity contribution in [2.24, 2.45) is 5.73 Å². The smallest absolute Gasteiger partial charge is 0.298 e. The van der Waals surface area contributed by atoms with Gasteiger partial charge in [-0.15, -0.1) is 6.42 Å². The Balaban J connectivity index is 1.44. The van der Waals surface area contributed by atoms with E-state index in [1.54, 1.807) is 18.2 Å². The largest absolute Gasteiger partial charge is 0.497 e. The number of hydrogen-bond acceptors (Lipinski definition) is 5. The normalized spacial score (nSPS) is 15.2. The van der Waals surface area contributed by atoms with E-state index in [2.05, 4.69) is 16.0 Å². The molecule has 2 aromatic carbocycles. The monoisotopic (exact) mass is 469 g/mol. The molecular weight excluding hydrogens is 446 g/mol. The lowest BCUT2D eigenvalue weighted by Crippen LogP contribution is -2.26. The van der Waals surface area contributed by atoms with Crippen LogP contribution in [0.2, 0.25) is 0 Å². The van der Waals surface area contributed by atoms with Crippen LogP contribution in [-0.2, 0) is 4.79 Å². The highest BCUT2D eigenvalue weighted by Crippen LogP contribution is 2.34. The number of carbonyl (C=O) groups is 2. The van der Waals surface area contributed by atoms with E-state index in [1.165, 1.54) is 4.52 Å². The predicted octanol–water partition coefficient (Wildman–Crippen LogP) is 3.18. The number of hydrogen-bond donors (Lipinski definition) is 2. The number of nitrogens with one attached hydrogen (secondary N) is 1. The van der Waals surface area contributed by atoms with Crippen LogP contribution in [0.1, 0.15) is 28.4 Å². The van der Waals surface area contributed by atoms with Gasteiger partial charge in [-0.1, -0.05) is 0 Å². The van der Waals surface area contributed by atoms with Crippen LogP contribution in [0.3, 0.4) is 0 Å². The number of imidazole rings is 1. The summed E-state index contributed by atoms with van der Waals surface area (Å²) in [4.78, 5) is 29.2. The van der Waals surface area contributed by atoms with E-state index in [1.807, 2.05) is 48.5 Å². The summed E-state index contributed by atoms with van der Waals surface area (Å²) in [7, 11) is 1.61. The second-order valence-corrected chi connectivity index (χ2v) is 8.26. The van der Waals surface area contributed by atoms with Crippen molar-refractivity contribution in [1.82, 2.24) is 19.5 Å². The van der Waals surface area contributed by atoms with Gasteiger partial charge in [-0.05, 0) is 60.9 Å². The van der Waals surface area contributed by atoms with E-state index in [4.69, 9.17) is 21.6 Å². The zero-order chi connectivity index (χ0) is 24.5. The summed E-state index contributed by atoms with van der Waals surface area (Å²) in [5, 5.41) is 4.41. The van der Waals surface area contributed by atoms with E-state index < -0.39 is 5.91 Å². The van der Waals surface area contributed by atoms with Crippen LogP contribution >= 0.6 is 0 Å². The number of methoxy groups -OCH3 is 1. The van der Waals surface area contributed by atoms with Crippen molar-refractivity contribution < 1.29 is 19.1 Å². The third-order valence-electron chi connectivity index (χ3n) is 6.20. The Bertz CT molecular complexity index is 1440. The number of rotatable bonds is 6. The predicted molar refractivity (Wildman–Crippen MR) is 129 cm³/mol. The Morgan fingerprint density at radius 3 is 2.40 bits per heavy atom. The highest BCUT2D eigenvalue weighted by molar-refractivity contribution is 5.98. The van der Waals surface area contributed by atoms with Gasteiger partial charge in [-0.2, -0.15) is 5.10 Å². The summed E-state index contributed by atoms with van der Waals surface area (Å²) in [5.41, 5.74) is 8.89. The van der Waals surface area contributed by atoms with Crippen molar-refractivity contribution >= 4 is 17.5 Å². The molecule has 2 aromatic heterocycles. The average Bonchev–Trinajstić information content (AvgIpc) is 3.59. The van der Waals surface area contributed by atoms with Crippen molar-refractivity contribution in [3.8, 4) is 40.8 Å². The number of benzene rings is 2. The molecule has 2 amide bonds. The summed E-state index contributed by atoms with van der Waals surface area (Å²) in [6.07, 6.45) is 7.73. The third kappa shape index (κ3) is 4.06. The molecule has 3 N–H and O–H groups in total. The summed E-state index contributed by atoms with van der Waals surface area (Å²) in [6.45, 7) is 1.08. The summed E-state index contributed by atoms with van der Waals surface area (Å²) in [5.74, 6) is 3.36. The molecule has 0 saturated carbocycles. The maximum Gasteiger partial charge on any atom is 0.298 e. The molecule has 0 bridgehead atoms. The van der Waals surface area contributed by atoms with E-state index >= 15 is 0 Å². The first-order valence-corrected chi connectivity index (χ1v) is 11.1. The first kappa shape index (κ1) is 22.1. The number of terminal acetylenes is 1. The number of aromatic amines is 1. The molecule has 5 rings (SSSR count). The zero-order valence-electron chi connectivity index (χ0n) is 19.0. The Kier molecular flexibility index (Phi) is 5.63. The van der Waals surface area contributed by atoms with Crippen molar-refractivity contribution in [1.29, 1.82) is 0 Å². The maximum atomic E-state index is 12.4. The number of primary amides is 1. The number of nitrogens with zero attached hydrogens (tertiary/aromatic N) is 3. The maximum absolute atomic E-state index is 12.4. The number of H-pyrrole nitrogens is 1. The van der Waals surface area contributed by atoms with Crippen LogP contribution in [0.25, 0.3) is 16.9 Å². The second kappa shape index (κ2) is 8.91. The minimum Gasteiger partial charge on any atom is -0.497 e. The molecule has 1 unspecified atom stereocenters. The Morgan fingerprint density at radius 1 is 1.11 bits per heavy atom. The molecule has 1 saturated heterocycles. The van der Waals surface area contributed by atoms with Gasteiger partial charge in [0.1, 0.15) is 22.9 Å². The SMILES string of the molecule is C#CC(=O)N1CCC(c2cnn3c(C(N)=O)c(-c4ccc(Oc5ccc(OC)cc5)cc4)[nH]c23)C1. The number of aromatic nitrogens is 3. The van der Waals surface area contributed by atoms with E-state index in [0.717, 1.165) is 23.3 Å². The molecule has 176 valence electrons. The van der Waals surface area contributed by atoms with Gasteiger partial charge in [0.05, 0.1) is 19.0 Å². The Morgan fingerprint density at radius 2 is 1.77 bits per heavy atom. The molecule has 9 heteroatoms. The van der Waals surface area contributed by atoms with E-state index in [9.17, 15) is 9.59 Å². The van der Waals surface area contributed by atoms with E-state index in [-0.39, 0.29) is 17.5 Å². The number of carbonyl (C=O) groups excluding carboxylic acids is 2. The lowest BCUT2D eigenvalue weighted by atomic mass is 10.0. The molecule has 1 aliphatic heterocycles. The fraction of sp³-hybridized carbons (Fsp3) is 0.192. The van der Waals surface area contributed by atoms with Crippen molar-refractivity contribution in [3.05, 3.63) is 66.0 Å². The molecule has 0 spiro atoms. The number of nitrogens with two attached hydrogens (primary N) is 1. The molecule has 35 heavy (non-hydrogen) atoms. The number of ether oxygens (including phenoxy) is 2. The van der Waals surface area contributed by atoms with Gasteiger partial charge in [0.15, 0.2) is 5.69 Å². The topological polar surface area (TPSA) is 115 Å². The van der Waals surface area contributed by atoms with Crippen molar-refractivity contribution in [2.45, 2.75) is 12.3 Å². The molecule has 1 atom stereocenters. The minimum absolute atomic E-state index is 0.0531. The lowest BCUT2D eigenvalue weighted by Gasteiger charge is -2.12. The quantitative estimate of drug-likeness (QED) is 0.421. The van der Waals surface area contributed by atoms with Gasteiger partial charge >= 0.3 is 0 Å². The summed E-state index contributed by atoms with van der Waals surface area (Å²) < 4.78 is 12.6. The molecule has 0 aliphatic carbocycles. The molecule has 4 aromatic rings. The van der Waals surface area contributed by atoms with Crippen LogP contribution < -0.4 is 15.2 Å². The Hall–Kier alpha value is -4.71. The fourth-order valence-electron chi connectivity index (χ4n) is 4.43. The molecular formula is C26H23N5O4. The number of fused-ring (bicyclic) bond motifs is 1. The molecule has 3 heterocycles. The molecule has 1 fully saturated rings. The van der Waals surface area contributed by atoms with Gasteiger partial charge in [0.25, 0.3) is 11.8 Å². The highest BCUT2D eigenvalue weighted by atomic mass is 16.5. The van der Waals surface area contributed by atoms with Crippen LogP contribution in [-0.4, -0.2) is 51.5 Å². The second-order valence-electron chi connectivity index (χ2n) is 8.26. The van der Waals surface area contributed by atoms with Gasteiger partial charge < -0.3 is 25.1 Å². The van der Waals surface area contributed by atoms with E-state index in [0.29, 0.717) is 35.9 Å².